The summed E-state index contributed by atoms with van der Waals surface area (Å²) in [6.07, 6.45) is 0. The molecule has 0 fully saturated rings. The predicted molar refractivity (Wildman–Crippen MR) is 85.3 cm³/mol. The Morgan fingerprint density at radius 2 is 1.79 bits per heavy atom. The van der Waals surface area contributed by atoms with Crippen molar-refractivity contribution in [1.82, 2.24) is 0 Å². The molecule has 2 aromatic carbocycles. The lowest BCUT2D eigenvalue weighted by Gasteiger charge is -2.22. The van der Waals surface area contributed by atoms with E-state index in [-0.39, 0.29) is 5.82 Å². The average molecular weight is 387 g/mol. The Hall–Kier alpha value is -0.870. The number of halogens is 3. The number of anilines is 1. The highest BCUT2D eigenvalue weighted by Crippen LogP contribution is 2.27. The standard InChI is InChI=1S/C15H14Br2FN/c1-19(10-11-2-6-14(18)7-3-11)15-8-13(17)5-4-12(15)9-16/h2-8H,9-10H2,1H3. The first kappa shape index (κ1) is 14.5. The van der Waals surface area contributed by atoms with E-state index >= 15 is 0 Å². The van der Waals surface area contributed by atoms with Crippen LogP contribution in [0.2, 0.25) is 0 Å². The van der Waals surface area contributed by atoms with E-state index in [1.54, 1.807) is 0 Å². The molecule has 0 N–H and O–H groups in total. The van der Waals surface area contributed by atoms with Crippen LogP contribution in [0.15, 0.2) is 46.9 Å². The molecule has 2 rings (SSSR count). The number of rotatable bonds is 4. The summed E-state index contributed by atoms with van der Waals surface area (Å²) in [5.74, 6) is -0.199. The van der Waals surface area contributed by atoms with Crippen molar-refractivity contribution in [2.24, 2.45) is 0 Å². The Morgan fingerprint density at radius 1 is 1.11 bits per heavy atom. The highest BCUT2D eigenvalue weighted by Gasteiger charge is 2.08. The van der Waals surface area contributed by atoms with Gasteiger partial charge in [-0.2, -0.15) is 0 Å². The summed E-state index contributed by atoms with van der Waals surface area (Å²) in [6, 6.07) is 12.8. The minimum Gasteiger partial charge on any atom is -0.370 e. The molecular formula is C15H14Br2FN. The molecule has 1 nitrogen and oxygen atoms in total. The maximum absolute atomic E-state index is 12.9. The van der Waals surface area contributed by atoms with Crippen molar-refractivity contribution in [3.63, 3.8) is 0 Å². The van der Waals surface area contributed by atoms with Crippen molar-refractivity contribution in [2.75, 3.05) is 11.9 Å². The summed E-state index contributed by atoms with van der Waals surface area (Å²) in [5, 5.41) is 0.809. The zero-order valence-electron chi connectivity index (χ0n) is 10.5. The van der Waals surface area contributed by atoms with Gasteiger partial charge in [0.25, 0.3) is 0 Å². The summed E-state index contributed by atoms with van der Waals surface area (Å²) < 4.78 is 13.9. The molecule has 0 atom stereocenters. The highest BCUT2D eigenvalue weighted by atomic mass is 79.9. The van der Waals surface area contributed by atoms with Crippen molar-refractivity contribution in [3.05, 3.63) is 63.9 Å². The van der Waals surface area contributed by atoms with E-state index in [0.717, 1.165) is 27.6 Å². The molecule has 4 heteroatoms. The Balaban J connectivity index is 2.21. The van der Waals surface area contributed by atoms with Gasteiger partial charge >= 0.3 is 0 Å². The third-order valence-corrected chi connectivity index (χ3v) is 4.03. The molecule has 0 saturated heterocycles. The Labute approximate surface area is 129 Å². The molecule has 0 aliphatic heterocycles. The second-order valence-electron chi connectivity index (χ2n) is 4.39. The maximum Gasteiger partial charge on any atom is 0.123 e. The van der Waals surface area contributed by atoms with Gasteiger partial charge in [-0.3, -0.25) is 0 Å². The summed E-state index contributed by atoms with van der Waals surface area (Å²) in [7, 11) is 2.04. The third kappa shape index (κ3) is 3.80. The van der Waals surface area contributed by atoms with E-state index in [0.29, 0.717) is 0 Å². The quantitative estimate of drug-likeness (QED) is 0.659. The predicted octanol–water partition coefficient (Wildman–Crippen LogP) is 5.12. The van der Waals surface area contributed by atoms with Crippen LogP contribution in [0.1, 0.15) is 11.1 Å². The van der Waals surface area contributed by atoms with Gasteiger partial charge in [0.2, 0.25) is 0 Å². The van der Waals surface area contributed by atoms with Crippen molar-refractivity contribution in [2.45, 2.75) is 11.9 Å². The molecule has 0 aliphatic carbocycles. The second-order valence-corrected chi connectivity index (χ2v) is 5.87. The van der Waals surface area contributed by atoms with Crippen LogP contribution < -0.4 is 4.90 Å². The summed E-state index contributed by atoms with van der Waals surface area (Å²) in [4.78, 5) is 2.16. The average Bonchev–Trinajstić information content (AvgIpc) is 2.41. The summed E-state index contributed by atoms with van der Waals surface area (Å²) in [6.45, 7) is 0.747. The van der Waals surface area contributed by atoms with E-state index in [9.17, 15) is 4.39 Å². The number of nitrogens with zero attached hydrogens (tertiary/aromatic N) is 1. The lowest BCUT2D eigenvalue weighted by molar-refractivity contribution is 0.627. The largest absolute Gasteiger partial charge is 0.370 e. The van der Waals surface area contributed by atoms with Crippen LogP contribution in [-0.2, 0) is 11.9 Å². The molecule has 0 saturated carbocycles. The van der Waals surface area contributed by atoms with Crippen molar-refractivity contribution in [3.8, 4) is 0 Å². The van der Waals surface area contributed by atoms with Gasteiger partial charge in [-0.1, -0.05) is 50.1 Å². The fraction of sp³-hybridized carbons (Fsp3) is 0.200. The molecule has 0 aromatic heterocycles. The van der Waals surface area contributed by atoms with Gasteiger partial charge in [0.1, 0.15) is 5.82 Å². The normalized spacial score (nSPS) is 10.5. The monoisotopic (exact) mass is 385 g/mol. The molecule has 0 radical (unpaired) electrons. The SMILES string of the molecule is CN(Cc1ccc(F)cc1)c1cc(Br)ccc1CBr. The molecule has 0 unspecified atom stereocenters. The molecular weight excluding hydrogens is 373 g/mol. The number of hydrogen-bond donors (Lipinski definition) is 0. The van der Waals surface area contributed by atoms with Crippen LogP contribution in [0.3, 0.4) is 0 Å². The van der Waals surface area contributed by atoms with Crippen molar-refractivity contribution >= 4 is 37.5 Å². The van der Waals surface area contributed by atoms with Crippen molar-refractivity contribution in [1.29, 1.82) is 0 Å². The fourth-order valence-electron chi connectivity index (χ4n) is 1.95. The number of hydrogen-bond acceptors (Lipinski definition) is 1. The van der Waals surface area contributed by atoms with Crippen LogP contribution in [0, 0.1) is 5.82 Å². The first-order valence-corrected chi connectivity index (χ1v) is 7.81. The van der Waals surface area contributed by atoms with Gasteiger partial charge < -0.3 is 4.90 Å². The van der Waals surface area contributed by atoms with Gasteiger partial charge in [-0.25, -0.2) is 4.39 Å². The number of benzene rings is 2. The maximum atomic E-state index is 12.9. The van der Waals surface area contributed by atoms with E-state index < -0.39 is 0 Å². The molecule has 0 heterocycles. The summed E-state index contributed by atoms with van der Waals surface area (Å²) in [5.41, 5.74) is 3.48. The summed E-state index contributed by atoms with van der Waals surface area (Å²) >= 11 is 7.00. The van der Waals surface area contributed by atoms with E-state index in [2.05, 4.69) is 48.9 Å². The number of alkyl halides is 1. The lowest BCUT2D eigenvalue weighted by Crippen LogP contribution is -2.17. The fourth-order valence-corrected chi connectivity index (χ4v) is 2.78. The van der Waals surface area contributed by atoms with Crippen LogP contribution >= 0.6 is 31.9 Å². The Kier molecular flexibility index (Phi) is 4.99. The van der Waals surface area contributed by atoms with Gasteiger partial charge in [0, 0.05) is 29.1 Å². The molecule has 0 amide bonds. The van der Waals surface area contributed by atoms with Crippen molar-refractivity contribution < 1.29 is 4.39 Å². The Bertz CT molecular complexity index is 555. The van der Waals surface area contributed by atoms with Gasteiger partial charge in [-0.05, 0) is 35.4 Å². The molecule has 2 aromatic rings. The molecule has 19 heavy (non-hydrogen) atoms. The highest BCUT2D eigenvalue weighted by molar-refractivity contribution is 9.10. The third-order valence-electron chi connectivity index (χ3n) is 2.94. The second kappa shape index (κ2) is 6.53. The van der Waals surface area contributed by atoms with E-state index in [4.69, 9.17) is 0 Å². The first-order chi connectivity index (χ1) is 9.10. The molecule has 0 bridgehead atoms. The van der Waals surface area contributed by atoms with E-state index in [1.807, 2.05) is 25.2 Å². The minimum atomic E-state index is -0.199. The van der Waals surface area contributed by atoms with Crippen LogP contribution in [0.5, 0.6) is 0 Å². The zero-order valence-corrected chi connectivity index (χ0v) is 13.7. The van der Waals surface area contributed by atoms with Gasteiger partial charge in [0.15, 0.2) is 0 Å². The molecule has 0 aliphatic rings. The first-order valence-electron chi connectivity index (χ1n) is 5.90. The van der Waals surface area contributed by atoms with E-state index in [1.165, 1.54) is 17.7 Å². The Morgan fingerprint density at radius 3 is 2.42 bits per heavy atom. The minimum absolute atomic E-state index is 0.199. The van der Waals surface area contributed by atoms with Crippen LogP contribution in [-0.4, -0.2) is 7.05 Å². The molecule has 0 spiro atoms. The lowest BCUT2D eigenvalue weighted by atomic mass is 10.1. The molecule has 100 valence electrons. The van der Waals surface area contributed by atoms with Gasteiger partial charge in [-0.15, -0.1) is 0 Å². The smallest absolute Gasteiger partial charge is 0.123 e. The van der Waals surface area contributed by atoms with Gasteiger partial charge in [0.05, 0.1) is 0 Å². The van der Waals surface area contributed by atoms with Crippen LogP contribution in [0.25, 0.3) is 0 Å². The topological polar surface area (TPSA) is 3.24 Å². The zero-order chi connectivity index (χ0) is 13.8. The van der Waals surface area contributed by atoms with Crippen LogP contribution in [0.4, 0.5) is 10.1 Å².